The van der Waals surface area contributed by atoms with E-state index in [0.717, 1.165) is 25.2 Å². The van der Waals surface area contributed by atoms with Gasteiger partial charge in [0.2, 0.25) is 5.56 Å². The SMILES string of the molecule is O=c1cc([C@@H]2CNCCN2)cc[nH]1. The minimum atomic E-state index is -0.0372. The third-order valence-corrected chi connectivity index (χ3v) is 2.24. The number of nitrogens with one attached hydrogen (secondary N) is 3. The quantitative estimate of drug-likeness (QED) is 0.550. The van der Waals surface area contributed by atoms with Crippen LogP contribution in [0.1, 0.15) is 11.6 Å². The van der Waals surface area contributed by atoms with E-state index in [1.165, 1.54) is 0 Å². The van der Waals surface area contributed by atoms with Gasteiger partial charge in [-0.25, -0.2) is 0 Å². The molecule has 0 spiro atoms. The Balaban J connectivity index is 2.19. The van der Waals surface area contributed by atoms with E-state index >= 15 is 0 Å². The molecule has 1 atom stereocenters. The second kappa shape index (κ2) is 3.72. The molecule has 0 amide bonds. The van der Waals surface area contributed by atoms with Crippen molar-refractivity contribution in [2.75, 3.05) is 19.6 Å². The Morgan fingerprint density at radius 2 is 2.31 bits per heavy atom. The average Bonchev–Trinajstić information content (AvgIpc) is 2.19. The molecule has 1 aromatic rings. The highest BCUT2D eigenvalue weighted by Gasteiger charge is 2.13. The van der Waals surface area contributed by atoms with E-state index in [2.05, 4.69) is 15.6 Å². The van der Waals surface area contributed by atoms with E-state index in [4.69, 9.17) is 0 Å². The summed E-state index contributed by atoms with van der Waals surface area (Å²) in [5.41, 5.74) is 1.01. The van der Waals surface area contributed by atoms with Crippen LogP contribution in [0.25, 0.3) is 0 Å². The van der Waals surface area contributed by atoms with E-state index in [-0.39, 0.29) is 11.6 Å². The number of pyridine rings is 1. The molecule has 0 bridgehead atoms. The van der Waals surface area contributed by atoms with Crippen LogP contribution in [0, 0.1) is 0 Å². The molecule has 0 unspecified atom stereocenters. The van der Waals surface area contributed by atoms with Crippen molar-refractivity contribution in [2.45, 2.75) is 6.04 Å². The Morgan fingerprint density at radius 1 is 1.38 bits per heavy atom. The predicted molar refractivity (Wildman–Crippen MR) is 50.7 cm³/mol. The lowest BCUT2D eigenvalue weighted by atomic mass is 10.1. The molecule has 0 aliphatic carbocycles. The molecule has 0 aromatic carbocycles. The molecule has 1 aliphatic rings. The largest absolute Gasteiger partial charge is 0.329 e. The van der Waals surface area contributed by atoms with Gasteiger partial charge in [-0.2, -0.15) is 0 Å². The van der Waals surface area contributed by atoms with Crippen molar-refractivity contribution in [3.05, 3.63) is 34.2 Å². The number of hydrogen-bond acceptors (Lipinski definition) is 3. The first kappa shape index (κ1) is 8.47. The maximum Gasteiger partial charge on any atom is 0.248 e. The molecule has 13 heavy (non-hydrogen) atoms. The Hall–Kier alpha value is -1.13. The van der Waals surface area contributed by atoms with Crippen molar-refractivity contribution in [2.24, 2.45) is 0 Å². The first-order valence-corrected chi connectivity index (χ1v) is 4.49. The fraction of sp³-hybridized carbons (Fsp3) is 0.444. The second-order valence-corrected chi connectivity index (χ2v) is 3.20. The third-order valence-electron chi connectivity index (χ3n) is 2.24. The highest BCUT2D eigenvalue weighted by molar-refractivity contribution is 5.16. The van der Waals surface area contributed by atoms with Crippen molar-refractivity contribution < 1.29 is 0 Å². The summed E-state index contributed by atoms with van der Waals surface area (Å²) in [6, 6.07) is 3.85. The van der Waals surface area contributed by atoms with Gasteiger partial charge in [-0.05, 0) is 11.6 Å². The number of aromatic nitrogens is 1. The molecule has 0 radical (unpaired) electrons. The highest BCUT2D eigenvalue weighted by atomic mass is 16.1. The van der Waals surface area contributed by atoms with Gasteiger partial charge in [0.05, 0.1) is 0 Å². The number of H-pyrrole nitrogens is 1. The van der Waals surface area contributed by atoms with Crippen LogP contribution in [-0.2, 0) is 0 Å². The molecule has 70 valence electrons. The summed E-state index contributed by atoms with van der Waals surface area (Å²) in [5, 5.41) is 6.63. The molecule has 1 aromatic heterocycles. The Morgan fingerprint density at radius 3 is 3.00 bits per heavy atom. The van der Waals surface area contributed by atoms with Crippen LogP contribution in [0.4, 0.5) is 0 Å². The van der Waals surface area contributed by atoms with Gasteiger partial charge in [-0.1, -0.05) is 0 Å². The maximum absolute atomic E-state index is 11.0. The topological polar surface area (TPSA) is 56.9 Å². The van der Waals surface area contributed by atoms with E-state index in [1.807, 2.05) is 6.07 Å². The standard InChI is InChI=1S/C9H13N3O/c13-9-5-7(1-2-12-9)8-6-10-3-4-11-8/h1-2,5,8,10-11H,3-4,6H2,(H,12,13)/t8-/m0/s1. The zero-order valence-electron chi connectivity index (χ0n) is 7.34. The lowest BCUT2D eigenvalue weighted by Gasteiger charge is -2.24. The summed E-state index contributed by atoms with van der Waals surface area (Å²) in [6.07, 6.45) is 1.69. The monoisotopic (exact) mass is 179 g/mol. The molecule has 1 saturated heterocycles. The van der Waals surface area contributed by atoms with Crippen molar-refractivity contribution >= 4 is 0 Å². The maximum atomic E-state index is 11.0. The van der Waals surface area contributed by atoms with Crippen molar-refractivity contribution in [3.8, 4) is 0 Å². The van der Waals surface area contributed by atoms with Gasteiger partial charge in [0.1, 0.15) is 0 Å². The fourth-order valence-electron chi connectivity index (χ4n) is 1.57. The lowest BCUT2D eigenvalue weighted by Crippen LogP contribution is -2.42. The summed E-state index contributed by atoms with van der Waals surface area (Å²) in [5.74, 6) is 0. The lowest BCUT2D eigenvalue weighted by molar-refractivity contribution is 0.430. The van der Waals surface area contributed by atoms with Crippen LogP contribution in [0.15, 0.2) is 23.1 Å². The molecule has 4 heteroatoms. The Kier molecular flexibility index (Phi) is 2.42. The van der Waals surface area contributed by atoms with Gasteiger partial charge >= 0.3 is 0 Å². The number of rotatable bonds is 1. The molecule has 2 rings (SSSR count). The molecule has 0 saturated carbocycles. The number of piperazine rings is 1. The summed E-state index contributed by atoms with van der Waals surface area (Å²) < 4.78 is 0. The summed E-state index contributed by atoms with van der Waals surface area (Å²) in [4.78, 5) is 13.6. The van der Waals surface area contributed by atoms with Gasteiger partial charge in [-0.15, -0.1) is 0 Å². The zero-order valence-corrected chi connectivity index (χ0v) is 7.34. The van der Waals surface area contributed by atoms with Crippen LogP contribution in [0.2, 0.25) is 0 Å². The van der Waals surface area contributed by atoms with E-state index in [1.54, 1.807) is 12.3 Å². The molecular weight excluding hydrogens is 166 g/mol. The first-order valence-electron chi connectivity index (χ1n) is 4.49. The van der Waals surface area contributed by atoms with Gasteiger partial charge in [-0.3, -0.25) is 4.79 Å². The molecular formula is C9H13N3O. The molecule has 1 aliphatic heterocycles. The van der Waals surface area contributed by atoms with Crippen LogP contribution in [0.3, 0.4) is 0 Å². The third kappa shape index (κ3) is 1.96. The van der Waals surface area contributed by atoms with Crippen molar-refractivity contribution in [3.63, 3.8) is 0 Å². The Bertz CT molecular complexity index is 328. The van der Waals surface area contributed by atoms with Gasteiger partial charge in [0, 0.05) is 37.9 Å². The van der Waals surface area contributed by atoms with Gasteiger partial charge in [0.15, 0.2) is 0 Å². The van der Waals surface area contributed by atoms with Crippen molar-refractivity contribution in [1.82, 2.24) is 15.6 Å². The van der Waals surface area contributed by atoms with E-state index in [9.17, 15) is 4.79 Å². The Labute approximate surface area is 76.4 Å². The van der Waals surface area contributed by atoms with Gasteiger partial charge in [0.25, 0.3) is 0 Å². The summed E-state index contributed by atoms with van der Waals surface area (Å²) in [6.45, 7) is 2.85. The zero-order chi connectivity index (χ0) is 9.10. The molecule has 4 nitrogen and oxygen atoms in total. The average molecular weight is 179 g/mol. The van der Waals surface area contributed by atoms with E-state index < -0.39 is 0 Å². The normalized spacial score (nSPS) is 22.9. The van der Waals surface area contributed by atoms with Crippen LogP contribution in [-0.4, -0.2) is 24.6 Å². The van der Waals surface area contributed by atoms with Gasteiger partial charge < -0.3 is 15.6 Å². The van der Waals surface area contributed by atoms with E-state index in [0.29, 0.717) is 0 Å². The summed E-state index contributed by atoms with van der Waals surface area (Å²) >= 11 is 0. The summed E-state index contributed by atoms with van der Waals surface area (Å²) in [7, 11) is 0. The highest BCUT2D eigenvalue weighted by Crippen LogP contribution is 2.09. The first-order chi connectivity index (χ1) is 6.36. The smallest absolute Gasteiger partial charge is 0.248 e. The van der Waals surface area contributed by atoms with Crippen LogP contribution in [0.5, 0.6) is 0 Å². The minimum Gasteiger partial charge on any atom is -0.329 e. The number of hydrogen-bond donors (Lipinski definition) is 3. The number of aromatic amines is 1. The van der Waals surface area contributed by atoms with Crippen LogP contribution < -0.4 is 16.2 Å². The molecule has 3 N–H and O–H groups in total. The van der Waals surface area contributed by atoms with Crippen molar-refractivity contribution in [1.29, 1.82) is 0 Å². The van der Waals surface area contributed by atoms with Crippen LogP contribution >= 0.6 is 0 Å². The molecule has 2 heterocycles. The minimum absolute atomic E-state index is 0.0372. The predicted octanol–water partition coefficient (Wildman–Crippen LogP) is -0.391. The second-order valence-electron chi connectivity index (χ2n) is 3.20. The molecule has 1 fully saturated rings. The fourth-order valence-corrected chi connectivity index (χ4v) is 1.57.